The molecular weight excluding hydrogens is 466 g/mol. The van der Waals surface area contributed by atoms with E-state index in [-0.39, 0.29) is 29.2 Å². The number of nitrogen functional groups attached to an aromatic ring is 1. The van der Waals surface area contributed by atoms with E-state index in [9.17, 15) is 19.2 Å². The van der Waals surface area contributed by atoms with Crippen LogP contribution < -0.4 is 22.5 Å². The minimum atomic E-state index is -0.830. The molecule has 0 bridgehead atoms. The normalized spacial score (nSPS) is 11.2. The predicted octanol–water partition coefficient (Wildman–Crippen LogP) is 2.82. The van der Waals surface area contributed by atoms with Crippen LogP contribution in [0.2, 0.25) is 0 Å². The maximum atomic E-state index is 13.5. The van der Waals surface area contributed by atoms with Crippen LogP contribution in [-0.4, -0.2) is 30.6 Å². The van der Waals surface area contributed by atoms with Gasteiger partial charge in [0, 0.05) is 6.54 Å². The number of hydrogen-bond donors (Lipinski definition) is 2. The lowest BCUT2D eigenvalue weighted by atomic mass is 10.1. The molecule has 4 rings (SSSR count). The van der Waals surface area contributed by atoms with Crippen molar-refractivity contribution in [2.75, 3.05) is 11.5 Å². The summed E-state index contributed by atoms with van der Waals surface area (Å²) in [6.07, 6.45) is 0.599. The third-order valence-corrected chi connectivity index (χ3v) is 6.80. The summed E-state index contributed by atoms with van der Waals surface area (Å²) in [5, 5.41) is 0.768. The van der Waals surface area contributed by atoms with Crippen molar-refractivity contribution in [1.29, 1.82) is 0 Å². The Bertz CT molecular complexity index is 1630. The molecule has 4 aromatic rings. The van der Waals surface area contributed by atoms with Crippen LogP contribution in [-0.2, 0) is 6.54 Å². The zero-order chi connectivity index (χ0) is 25.3. The van der Waals surface area contributed by atoms with Crippen LogP contribution in [0.25, 0.3) is 16.6 Å². The van der Waals surface area contributed by atoms with E-state index < -0.39 is 17.0 Å². The van der Waals surface area contributed by atoms with Crippen LogP contribution in [0.3, 0.4) is 0 Å². The number of rotatable bonds is 7. The Hall–Kier alpha value is -3.92. The van der Waals surface area contributed by atoms with Gasteiger partial charge in [-0.3, -0.25) is 28.5 Å². The largest absolute Gasteiger partial charge is 0.384 e. The number of hydrogen-bond acceptors (Lipinski definition) is 7. The highest BCUT2D eigenvalue weighted by Crippen LogP contribution is 2.25. The van der Waals surface area contributed by atoms with Crippen molar-refractivity contribution < 1.29 is 4.79 Å². The second kappa shape index (κ2) is 9.75. The number of nitrogens with zero attached hydrogens (tertiary/aromatic N) is 3. The molecule has 9 nitrogen and oxygen atoms in total. The van der Waals surface area contributed by atoms with E-state index in [0.717, 1.165) is 22.9 Å². The highest BCUT2D eigenvalue weighted by Gasteiger charge is 2.21. The first-order valence-electron chi connectivity index (χ1n) is 11.1. The van der Waals surface area contributed by atoms with Gasteiger partial charge in [0.15, 0.2) is 10.9 Å². The molecule has 0 aliphatic heterocycles. The molecule has 0 fully saturated rings. The standard InChI is InChI=1S/C25H25N5O4S/c1-4-12-29-21(26)20(22(32)28-24(29)34)19(31)13-35-25-27-17-10-6-5-9-16(17)23(33)30(25)18-11-7-8-14(2)15(18)3/h5-11H,4,12-13,26H2,1-3H3,(H,28,32,34). The van der Waals surface area contributed by atoms with E-state index in [4.69, 9.17) is 5.73 Å². The van der Waals surface area contributed by atoms with Gasteiger partial charge >= 0.3 is 5.69 Å². The Balaban J connectivity index is 1.81. The SMILES string of the molecule is CCCn1c(N)c(C(=O)CSc2nc3ccccc3c(=O)n2-c2cccc(C)c2C)c(=O)[nH]c1=O. The first kappa shape index (κ1) is 24.2. The number of thioether (sulfide) groups is 1. The number of para-hydroxylation sites is 1. The molecule has 0 saturated carbocycles. The number of Topliss-reactive ketones (excluding diaryl/α,β-unsaturated/α-hetero) is 1. The minimum Gasteiger partial charge on any atom is -0.384 e. The maximum Gasteiger partial charge on any atom is 0.329 e. The lowest BCUT2D eigenvalue weighted by molar-refractivity contribution is 0.102. The van der Waals surface area contributed by atoms with Crippen molar-refractivity contribution in [1.82, 2.24) is 19.1 Å². The van der Waals surface area contributed by atoms with Crippen LogP contribution in [0.1, 0.15) is 34.8 Å². The summed E-state index contributed by atoms with van der Waals surface area (Å²) in [5.74, 6) is -0.925. The van der Waals surface area contributed by atoms with Gasteiger partial charge in [0.1, 0.15) is 11.4 Å². The molecule has 0 saturated heterocycles. The average molecular weight is 492 g/mol. The molecule has 2 aromatic heterocycles. The summed E-state index contributed by atoms with van der Waals surface area (Å²) in [6, 6.07) is 12.6. The number of benzene rings is 2. The van der Waals surface area contributed by atoms with Crippen LogP contribution in [0.5, 0.6) is 0 Å². The number of aromatic amines is 1. The summed E-state index contributed by atoms with van der Waals surface area (Å²) < 4.78 is 2.67. The second-order valence-electron chi connectivity index (χ2n) is 8.15. The molecule has 0 aliphatic carbocycles. The number of carbonyl (C=O) groups excluding carboxylic acids is 1. The number of aromatic nitrogens is 4. The van der Waals surface area contributed by atoms with E-state index in [1.165, 1.54) is 9.13 Å². The van der Waals surface area contributed by atoms with Crippen molar-refractivity contribution in [3.63, 3.8) is 0 Å². The number of carbonyl (C=O) groups is 1. The first-order valence-corrected chi connectivity index (χ1v) is 12.1. The van der Waals surface area contributed by atoms with Gasteiger partial charge in [-0.25, -0.2) is 9.78 Å². The molecule has 3 N–H and O–H groups in total. The first-order chi connectivity index (χ1) is 16.7. The topological polar surface area (TPSA) is 133 Å². The van der Waals surface area contributed by atoms with Gasteiger partial charge < -0.3 is 5.73 Å². The zero-order valence-electron chi connectivity index (χ0n) is 19.6. The van der Waals surface area contributed by atoms with Gasteiger partial charge in [0.05, 0.1) is 22.3 Å². The minimum absolute atomic E-state index is 0.162. The molecule has 2 heterocycles. The molecule has 10 heteroatoms. The van der Waals surface area contributed by atoms with Gasteiger partial charge in [0.25, 0.3) is 11.1 Å². The van der Waals surface area contributed by atoms with Gasteiger partial charge in [-0.05, 0) is 49.6 Å². The third-order valence-electron chi connectivity index (χ3n) is 5.86. The predicted molar refractivity (Wildman–Crippen MR) is 138 cm³/mol. The Kier molecular flexibility index (Phi) is 6.74. The highest BCUT2D eigenvalue weighted by atomic mass is 32.2. The van der Waals surface area contributed by atoms with Crippen molar-refractivity contribution >= 4 is 34.3 Å². The molecule has 0 aliphatic rings. The smallest absolute Gasteiger partial charge is 0.329 e. The molecule has 0 unspecified atom stereocenters. The van der Waals surface area contributed by atoms with Gasteiger partial charge in [0.2, 0.25) is 0 Å². The van der Waals surface area contributed by atoms with Crippen molar-refractivity contribution in [2.45, 2.75) is 38.9 Å². The summed E-state index contributed by atoms with van der Waals surface area (Å²) in [7, 11) is 0. The molecular formula is C25H25N5O4S. The number of nitrogens with one attached hydrogen (secondary N) is 1. The lowest BCUT2D eigenvalue weighted by Crippen LogP contribution is -2.36. The molecule has 0 amide bonds. The Morgan fingerprint density at radius 2 is 1.83 bits per heavy atom. The van der Waals surface area contributed by atoms with Crippen molar-refractivity contribution in [3.05, 3.63) is 90.3 Å². The van der Waals surface area contributed by atoms with Crippen LogP contribution in [0.15, 0.2) is 62.0 Å². The van der Waals surface area contributed by atoms with E-state index in [0.29, 0.717) is 28.2 Å². The van der Waals surface area contributed by atoms with Crippen LogP contribution in [0, 0.1) is 13.8 Å². The summed E-state index contributed by atoms with van der Waals surface area (Å²) in [4.78, 5) is 57.9. The number of anilines is 1. The third kappa shape index (κ3) is 4.44. The van der Waals surface area contributed by atoms with Gasteiger partial charge in [-0.1, -0.05) is 43.0 Å². The van der Waals surface area contributed by atoms with Crippen LogP contribution >= 0.6 is 11.8 Å². The van der Waals surface area contributed by atoms with E-state index in [1.54, 1.807) is 24.3 Å². The summed E-state index contributed by atoms with van der Waals surface area (Å²) in [5.41, 5.74) is 7.11. The molecule has 0 radical (unpaired) electrons. The maximum absolute atomic E-state index is 13.5. The fraction of sp³-hybridized carbons (Fsp3) is 0.240. The van der Waals surface area contributed by atoms with Gasteiger partial charge in [-0.2, -0.15) is 0 Å². The molecule has 0 spiro atoms. The summed E-state index contributed by atoms with van der Waals surface area (Å²) in [6.45, 7) is 6.00. The Labute approximate surface area is 204 Å². The average Bonchev–Trinajstić information content (AvgIpc) is 2.82. The van der Waals surface area contributed by atoms with Crippen LogP contribution in [0.4, 0.5) is 5.82 Å². The lowest BCUT2D eigenvalue weighted by Gasteiger charge is -2.16. The second-order valence-corrected chi connectivity index (χ2v) is 9.10. The fourth-order valence-corrected chi connectivity index (χ4v) is 4.78. The molecule has 0 atom stereocenters. The van der Waals surface area contributed by atoms with Crippen molar-refractivity contribution in [2.24, 2.45) is 0 Å². The van der Waals surface area contributed by atoms with E-state index in [2.05, 4.69) is 9.97 Å². The van der Waals surface area contributed by atoms with Crippen molar-refractivity contribution in [3.8, 4) is 5.69 Å². The highest BCUT2D eigenvalue weighted by molar-refractivity contribution is 7.99. The van der Waals surface area contributed by atoms with E-state index >= 15 is 0 Å². The molecule has 2 aromatic carbocycles. The number of aryl methyl sites for hydroxylation is 1. The summed E-state index contributed by atoms with van der Waals surface area (Å²) >= 11 is 1.04. The number of ketones is 1. The Morgan fingerprint density at radius 1 is 1.09 bits per heavy atom. The Morgan fingerprint density at radius 3 is 2.57 bits per heavy atom. The zero-order valence-corrected chi connectivity index (χ0v) is 20.4. The number of H-pyrrole nitrogens is 1. The van der Waals surface area contributed by atoms with Gasteiger partial charge in [-0.15, -0.1) is 0 Å². The molecule has 35 heavy (non-hydrogen) atoms. The fourth-order valence-electron chi connectivity index (χ4n) is 3.90. The molecule has 180 valence electrons. The number of nitrogens with two attached hydrogens (primary N) is 1. The number of fused-ring (bicyclic) bond motifs is 1. The van der Waals surface area contributed by atoms with E-state index in [1.807, 2.05) is 39.0 Å². The quantitative estimate of drug-likeness (QED) is 0.231. The monoisotopic (exact) mass is 491 g/mol.